The Bertz CT molecular complexity index is 2530. The maximum absolute atomic E-state index is 6.56. The molecule has 1 N–H and O–H groups in total. The minimum absolute atomic E-state index is 0.0123. The van der Waals surface area contributed by atoms with Crippen molar-refractivity contribution in [2.45, 2.75) is 6.17 Å². The standard InChI is InChI=1S/C43H28N2O2/c1-2-11-28(12-3-1)43-44-36-17-6-7-18-37(36)45(43)31-23-21-27(22-24-31)29-13-10-14-30(25-29)40-41-34(32-15-4-8-19-38(32)46-41)26-35-33-16-5-9-20-39(33)47-42(35)40/h1-26,43-44H. The zero-order valence-corrected chi connectivity index (χ0v) is 25.4. The molecule has 0 bridgehead atoms. The van der Waals surface area contributed by atoms with Gasteiger partial charge < -0.3 is 19.1 Å². The van der Waals surface area contributed by atoms with Crippen molar-refractivity contribution in [1.29, 1.82) is 0 Å². The molecule has 2 aromatic heterocycles. The van der Waals surface area contributed by atoms with Gasteiger partial charge in [-0.05, 0) is 70.8 Å². The highest BCUT2D eigenvalue weighted by Gasteiger charge is 2.30. The Labute approximate surface area is 271 Å². The van der Waals surface area contributed by atoms with Gasteiger partial charge in [-0.3, -0.25) is 0 Å². The summed E-state index contributed by atoms with van der Waals surface area (Å²) < 4.78 is 13.1. The first kappa shape index (κ1) is 26.0. The Hall–Kier alpha value is -6.26. The molecule has 9 aromatic rings. The van der Waals surface area contributed by atoms with Crippen LogP contribution in [0.5, 0.6) is 0 Å². The van der Waals surface area contributed by atoms with Crippen molar-refractivity contribution in [3.8, 4) is 22.3 Å². The Morgan fingerprint density at radius 3 is 1.81 bits per heavy atom. The van der Waals surface area contributed by atoms with E-state index in [0.29, 0.717) is 0 Å². The fraction of sp³-hybridized carbons (Fsp3) is 0.0233. The third-order valence-electron chi connectivity index (χ3n) is 9.47. The Morgan fingerprint density at radius 2 is 1.09 bits per heavy atom. The quantitative estimate of drug-likeness (QED) is 0.217. The fourth-order valence-electron chi connectivity index (χ4n) is 7.28. The Morgan fingerprint density at radius 1 is 0.468 bits per heavy atom. The lowest BCUT2D eigenvalue weighted by molar-refractivity contribution is 0.658. The van der Waals surface area contributed by atoms with Crippen LogP contribution in [-0.2, 0) is 0 Å². The first-order chi connectivity index (χ1) is 23.3. The van der Waals surface area contributed by atoms with E-state index in [1.807, 2.05) is 24.3 Å². The van der Waals surface area contributed by atoms with Gasteiger partial charge in [-0.15, -0.1) is 0 Å². The zero-order chi connectivity index (χ0) is 30.9. The molecular weight excluding hydrogens is 576 g/mol. The van der Waals surface area contributed by atoms with Crippen molar-refractivity contribution in [3.05, 3.63) is 163 Å². The third kappa shape index (κ3) is 4.01. The number of hydrogen-bond donors (Lipinski definition) is 1. The molecule has 0 saturated carbocycles. The van der Waals surface area contributed by atoms with E-state index in [2.05, 4.69) is 144 Å². The Balaban J connectivity index is 1.10. The van der Waals surface area contributed by atoms with Gasteiger partial charge in [-0.1, -0.05) is 109 Å². The SMILES string of the molecule is c1ccc(C2Nc3ccccc3N2c2ccc(-c3cccc(-c4c5oc6ccccc6c5cc5c4oc4ccccc45)c3)cc2)cc1. The van der Waals surface area contributed by atoms with Crippen LogP contribution in [0.3, 0.4) is 0 Å². The second kappa shape index (κ2) is 10.1. The molecule has 1 atom stereocenters. The van der Waals surface area contributed by atoms with E-state index >= 15 is 0 Å². The van der Waals surface area contributed by atoms with Crippen LogP contribution in [0, 0.1) is 0 Å². The van der Waals surface area contributed by atoms with Crippen molar-refractivity contribution in [2.24, 2.45) is 0 Å². The molecule has 4 nitrogen and oxygen atoms in total. The van der Waals surface area contributed by atoms with Crippen molar-refractivity contribution < 1.29 is 8.83 Å². The maximum Gasteiger partial charge on any atom is 0.147 e. The number of benzene rings is 7. The Kier molecular flexibility index (Phi) is 5.60. The molecule has 0 spiro atoms. The number of anilines is 3. The van der Waals surface area contributed by atoms with E-state index in [4.69, 9.17) is 8.83 Å². The molecule has 1 aliphatic rings. The molecule has 0 saturated heterocycles. The zero-order valence-electron chi connectivity index (χ0n) is 25.4. The summed E-state index contributed by atoms with van der Waals surface area (Å²) in [6.45, 7) is 0. The third-order valence-corrected chi connectivity index (χ3v) is 9.47. The molecule has 1 unspecified atom stereocenters. The summed E-state index contributed by atoms with van der Waals surface area (Å²) in [6.07, 6.45) is 0.0123. The second-order valence-corrected chi connectivity index (χ2v) is 12.2. The lowest BCUT2D eigenvalue weighted by Gasteiger charge is -2.27. The van der Waals surface area contributed by atoms with Gasteiger partial charge >= 0.3 is 0 Å². The summed E-state index contributed by atoms with van der Waals surface area (Å²) in [5, 5.41) is 8.13. The van der Waals surface area contributed by atoms with Gasteiger partial charge in [0.05, 0.1) is 16.9 Å². The molecule has 0 aliphatic carbocycles. The molecule has 0 fully saturated rings. The molecule has 47 heavy (non-hydrogen) atoms. The van der Waals surface area contributed by atoms with Crippen molar-refractivity contribution in [1.82, 2.24) is 0 Å². The highest BCUT2D eigenvalue weighted by atomic mass is 16.3. The number of hydrogen-bond acceptors (Lipinski definition) is 4. The molecule has 4 heteroatoms. The lowest BCUT2D eigenvalue weighted by Crippen LogP contribution is -2.23. The van der Waals surface area contributed by atoms with E-state index in [1.165, 1.54) is 11.3 Å². The molecule has 3 heterocycles. The van der Waals surface area contributed by atoms with Crippen LogP contribution in [0.1, 0.15) is 11.7 Å². The van der Waals surface area contributed by atoms with Crippen molar-refractivity contribution in [2.75, 3.05) is 10.2 Å². The van der Waals surface area contributed by atoms with Crippen LogP contribution >= 0.6 is 0 Å². The lowest BCUT2D eigenvalue weighted by atomic mass is 9.95. The molecule has 222 valence electrons. The largest absolute Gasteiger partial charge is 0.455 e. The van der Waals surface area contributed by atoms with Crippen LogP contribution in [-0.4, -0.2) is 0 Å². The van der Waals surface area contributed by atoms with Crippen LogP contribution in [0.4, 0.5) is 17.1 Å². The highest BCUT2D eigenvalue weighted by Crippen LogP contribution is 2.47. The van der Waals surface area contributed by atoms with Gasteiger partial charge in [0.1, 0.15) is 28.5 Å². The van der Waals surface area contributed by atoms with E-state index in [1.54, 1.807) is 0 Å². The average Bonchev–Trinajstić information content (AvgIpc) is 3.82. The number of nitrogens with one attached hydrogen (secondary N) is 1. The number of furan rings is 2. The topological polar surface area (TPSA) is 41.5 Å². The number of para-hydroxylation sites is 4. The van der Waals surface area contributed by atoms with Crippen molar-refractivity contribution in [3.63, 3.8) is 0 Å². The van der Waals surface area contributed by atoms with Gasteiger partial charge in [-0.25, -0.2) is 0 Å². The summed E-state index contributed by atoms with van der Waals surface area (Å²) in [7, 11) is 0. The smallest absolute Gasteiger partial charge is 0.147 e. The maximum atomic E-state index is 6.56. The van der Waals surface area contributed by atoms with E-state index in [9.17, 15) is 0 Å². The fourth-order valence-corrected chi connectivity index (χ4v) is 7.28. The van der Waals surface area contributed by atoms with Gasteiger partial charge in [0.25, 0.3) is 0 Å². The molecule has 0 amide bonds. The molecule has 0 radical (unpaired) electrons. The van der Waals surface area contributed by atoms with E-state index < -0.39 is 0 Å². The first-order valence-corrected chi connectivity index (χ1v) is 16.0. The van der Waals surface area contributed by atoms with Gasteiger partial charge in [0, 0.05) is 27.2 Å². The van der Waals surface area contributed by atoms with E-state index in [0.717, 1.165) is 77.5 Å². The van der Waals surface area contributed by atoms with Crippen LogP contribution in [0.15, 0.2) is 167 Å². The normalized spacial score (nSPS) is 14.3. The first-order valence-electron chi connectivity index (χ1n) is 16.0. The molecule has 1 aliphatic heterocycles. The van der Waals surface area contributed by atoms with Gasteiger partial charge in [0.2, 0.25) is 0 Å². The summed E-state index contributed by atoms with van der Waals surface area (Å²) >= 11 is 0. The number of rotatable bonds is 4. The summed E-state index contributed by atoms with van der Waals surface area (Å²) in [5.41, 5.74) is 12.4. The summed E-state index contributed by atoms with van der Waals surface area (Å²) in [4.78, 5) is 2.38. The second-order valence-electron chi connectivity index (χ2n) is 12.2. The number of fused-ring (bicyclic) bond motifs is 7. The molecule has 10 rings (SSSR count). The molecule has 7 aromatic carbocycles. The van der Waals surface area contributed by atoms with Crippen LogP contribution < -0.4 is 10.2 Å². The monoisotopic (exact) mass is 604 g/mol. The average molecular weight is 605 g/mol. The van der Waals surface area contributed by atoms with Crippen molar-refractivity contribution >= 4 is 60.9 Å². The van der Waals surface area contributed by atoms with Crippen LogP contribution in [0.2, 0.25) is 0 Å². The van der Waals surface area contributed by atoms with Crippen LogP contribution in [0.25, 0.3) is 66.1 Å². The molecular formula is C43H28N2O2. The van der Waals surface area contributed by atoms with E-state index in [-0.39, 0.29) is 6.17 Å². The highest BCUT2D eigenvalue weighted by molar-refractivity contribution is 6.22. The number of nitrogens with zero attached hydrogens (tertiary/aromatic N) is 1. The van der Waals surface area contributed by atoms with Gasteiger partial charge in [-0.2, -0.15) is 0 Å². The van der Waals surface area contributed by atoms with Gasteiger partial charge in [0.15, 0.2) is 0 Å². The predicted molar refractivity (Wildman–Crippen MR) is 193 cm³/mol. The summed E-state index contributed by atoms with van der Waals surface area (Å²) in [6, 6.07) is 55.4. The minimum Gasteiger partial charge on any atom is -0.455 e. The predicted octanol–water partition coefficient (Wildman–Crippen LogP) is 12.1. The minimum atomic E-state index is 0.0123. The summed E-state index contributed by atoms with van der Waals surface area (Å²) in [5.74, 6) is 0.